The molecular weight excluding hydrogens is 531 g/mol. The zero-order valence-corrected chi connectivity index (χ0v) is 24.2. The predicted molar refractivity (Wildman–Crippen MR) is 162 cm³/mol. The maximum Gasteiger partial charge on any atom is 2.00 e. The summed E-state index contributed by atoms with van der Waals surface area (Å²) in [5.41, 5.74) is 0. The first-order valence-electron chi connectivity index (χ1n) is 12.2. The summed E-state index contributed by atoms with van der Waals surface area (Å²) in [7, 11) is -0.566. The monoisotopic (exact) mass is 565 g/mol. The summed E-state index contributed by atoms with van der Waals surface area (Å²) in [6.45, 7) is 10.1. The zero-order valence-electron chi connectivity index (χ0n) is 21.4. The number of rotatable bonds is 10. The van der Waals surface area contributed by atoms with Gasteiger partial charge in [-0.25, -0.2) is 0 Å². The van der Waals surface area contributed by atoms with Crippen molar-refractivity contribution in [2.45, 2.75) is 19.8 Å². The molecule has 4 aromatic rings. The van der Waals surface area contributed by atoms with Gasteiger partial charge in [-0.3, -0.25) is 0 Å². The van der Waals surface area contributed by atoms with Crippen LogP contribution in [0.2, 0.25) is 0 Å². The molecule has 0 aliphatic heterocycles. The molecule has 0 heterocycles. The van der Waals surface area contributed by atoms with Gasteiger partial charge in [0.1, 0.15) is 0 Å². The summed E-state index contributed by atoms with van der Waals surface area (Å²) in [4.78, 5) is 0. The average molecular weight is 566 g/mol. The van der Waals surface area contributed by atoms with E-state index in [1.54, 1.807) is 6.42 Å². The Morgan fingerprint density at radius 1 is 0.568 bits per heavy atom. The molecule has 3 radical (unpaired) electrons. The van der Waals surface area contributed by atoms with Crippen molar-refractivity contribution in [1.82, 2.24) is 0 Å². The van der Waals surface area contributed by atoms with Crippen molar-refractivity contribution in [2.75, 3.05) is 12.3 Å². The number of unbranched alkanes of at least 4 members (excludes halogenated alkanes) is 2. The first kappa shape index (κ1) is 32.8. The Morgan fingerprint density at radius 2 is 0.784 bits per heavy atom. The average Bonchev–Trinajstić information content (AvgIpc) is 2.98. The van der Waals surface area contributed by atoms with Gasteiger partial charge in [0.15, 0.2) is 0 Å². The van der Waals surface area contributed by atoms with E-state index in [1.807, 2.05) is 13.3 Å². The molecule has 0 saturated heterocycles. The minimum absolute atomic E-state index is 0. The second-order valence-corrected chi connectivity index (χ2v) is 12.6. The van der Waals surface area contributed by atoms with E-state index in [1.165, 1.54) is 46.4 Å². The second-order valence-electron chi connectivity index (χ2n) is 7.92. The van der Waals surface area contributed by atoms with E-state index in [0.29, 0.717) is 0 Å². The molecule has 0 spiro atoms. The minimum Gasteiger partial charge on any atom is -0.512 e. The van der Waals surface area contributed by atoms with Gasteiger partial charge in [-0.2, -0.15) is 0 Å². The summed E-state index contributed by atoms with van der Waals surface area (Å²) in [5.74, 6) is 0. The molecule has 37 heavy (non-hydrogen) atoms. The largest absolute Gasteiger partial charge is 2.00 e. The SMILES string of the molecule is [C-]#N.[CH2][CH][CH]C.[Ni+2].c1ccc(P(CCCCP(c2ccccc2)c2ccccc2)c2ccccc2)cc1. The number of hydrogen-bond donors (Lipinski definition) is 0. The van der Waals surface area contributed by atoms with Crippen molar-refractivity contribution in [3.8, 4) is 0 Å². The number of benzene rings is 4. The van der Waals surface area contributed by atoms with E-state index in [4.69, 9.17) is 11.8 Å². The van der Waals surface area contributed by atoms with E-state index >= 15 is 0 Å². The zero-order chi connectivity index (χ0) is 25.8. The summed E-state index contributed by atoms with van der Waals surface area (Å²) in [6.07, 6.45) is 8.70. The van der Waals surface area contributed by atoms with Crippen molar-refractivity contribution < 1.29 is 16.5 Å². The van der Waals surface area contributed by atoms with Crippen LogP contribution in [0.5, 0.6) is 0 Å². The second kappa shape index (κ2) is 20.7. The van der Waals surface area contributed by atoms with Crippen molar-refractivity contribution in [3.05, 3.63) is 148 Å². The van der Waals surface area contributed by atoms with Crippen LogP contribution in [0, 0.1) is 31.6 Å². The fourth-order valence-electron chi connectivity index (χ4n) is 3.79. The molecule has 0 bridgehead atoms. The predicted octanol–water partition coefficient (Wildman–Crippen LogP) is 7.38. The Bertz CT molecular complexity index is 908. The van der Waals surface area contributed by atoms with Crippen LogP contribution in [0.3, 0.4) is 0 Å². The quantitative estimate of drug-likeness (QED) is 0.0851. The van der Waals surface area contributed by atoms with Crippen molar-refractivity contribution >= 4 is 37.1 Å². The molecule has 0 aromatic heterocycles. The molecule has 191 valence electrons. The van der Waals surface area contributed by atoms with Crippen LogP contribution in [0.1, 0.15) is 19.8 Å². The maximum atomic E-state index is 6.25. The molecule has 4 rings (SSSR count). The standard InChI is InChI=1S/C28H28P2.C4H7.CN.Ni/c1-5-15-25(16-6-1)29(26-17-7-2-8-18-26)23-13-14-24-30(27-19-9-3-10-20-27)28-21-11-4-12-22-28;1-3-4-2;1-2;/h1-12,15-22H,13-14,23-24H2;3-4H,1H2,2H3;;/q;;-1;+2. The van der Waals surface area contributed by atoms with Gasteiger partial charge in [0.25, 0.3) is 0 Å². The molecular formula is C33H35NNiP2+. The van der Waals surface area contributed by atoms with Gasteiger partial charge in [0.05, 0.1) is 0 Å². The van der Waals surface area contributed by atoms with Gasteiger partial charge in [-0.15, -0.1) is 0 Å². The normalized spacial score (nSPS) is 9.89. The van der Waals surface area contributed by atoms with E-state index in [9.17, 15) is 0 Å². The van der Waals surface area contributed by atoms with Gasteiger partial charge in [-0.05, 0) is 82.0 Å². The Morgan fingerprint density at radius 3 is 0.973 bits per heavy atom. The van der Waals surface area contributed by atoms with E-state index in [2.05, 4.69) is 128 Å². The van der Waals surface area contributed by atoms with Crippen LogP contribution in [0.4, 0.5) is 0 Å². The molecule has 0 N–H and O–H groups in total. The molecule has 0 amide bonds. The Balaban J connectivity index is 0.000000894. The van der Waals surface area contributed by atoms with Crippen LogP contribution < -0.4 is 21.2 Å². The Labute approximate surface area is 237 Å². The van der Waals surface area contributed by atoms with Crippen LogP contribution in [0.25, 0.3) is 0 Å². The fraction of sp³-hybridized carbons (Fsp3) is 0.152. The van der Waals surface area contributed by atoms with Crippen molar-refractivity contribution in [2.24, 2.45) is 0 Å². The van der Waals surface area contributed by atoms with Crippen molar-refractivity contribution in [3.63, 3.8) is 0 Å². The summed E-state index contributed by atoms with van der Waals surface area (Å²) < 4.78 is 0. The molecule has 0 aliphatic carbocycles. The molecule has 0 unspecified atom stereocenters. The third-order valence-electron chi connectivity index (χ3n) is 5.52. The van der Waals surface area contributed by atoms with Crippen LogP contribution in [-0.4, -0.2) is 12.3 Å². The molecule has 0 aliphatic rings. The minimum atomic E-state index is -0.283. The maximum absolute atomic E-state index is 6.25. The van der Waals surface area contributed by atoms with E-state index in [-0.39, 0.29) is 32.3 Å². The third-order valence-corrected chi connectivity index (χ3v) is 10.7. The van der Waals surface area contributed by atoms with Crippen LogP contribution in [-0.2, 0) is 16.5 Å². The topological polar surface area (TPSA) is 23.8 Å². The Hall–Kier alpha value is -2.28. The van der Waals surface area contributed by atoms with Crippen LogP contribution >= 0.6 is 15.8 Å². The molecule has 0 saturated carbocycles. The molecule has 4 heteroatoms. The van der Waals surface area contributed by atoms with Gasteiger partial charge in [-0.1, -0.05) is 128 Å². The van der Waals surface area contributed by atoms with Gasteiger partial charge in [0.2, 0.25) is 0 Å². The van der Waals surface area contributed by atoms with Crippen LogP contribution in [0.15, 0.2) is 121 Å². The van der Waals surface area contributed by atoms with E-state index < -0.39 is 0 Å². The van der Waals surface area contributed by atoms with E-state index in [0.717, 1.165) is 0 Å². The first-order chi connectivity index (χ1) is 17.8. The fourth-order valence-corrected chi connectivity index (χ4v) is 8.62. The molecule has 4 aromatic carbocycles. The Kier molecular flexibility index (Phi) is 18.4. The first-order valence-corrected chi connectivity index (χ1v) is 15.3. The molecule has 1 nitrogen and oxygen atoms in total. The smallest absolute Gasteiger partial charge is 0.512 e. The summed E-state index contributed by atoms with van der Waals surface area (Å²) in [5, 5.41) is 12.2. The van der Waals surface area contributed by atoms with Crippen molar-refractivity contribution in [1.29, 1.82) is 5.26 Å². The summed E-state index contributed by atoms with van der Waals surface area (Å²) >= 11 is 0. The summed E-state index contributed by atoms with van der Waals surface area (Å²) in [6, 6.07) is 44.3. The number of hydrogen-bond acceptors (Lipinski definition) is 1. The third kappa shape index (κ3) is 11.8. The number of nitrogens with zero attached hydrogens (tertiary/aromatic N) is 1. The van der Waals surface area contributed by atoms with Gasteiger partial charge >= 0.3 is 16.5 Å². The van der Waals surface area contributed by atoms with Gasteiger partial charge in [0, 0.05) is 0 Å². The molecule has 0 atom stereocenters. The van der Waals surface area contributed by atoms with Gasteiger partial charge < -0.3 is 11.8 Å². The molecule has 0 fully saturated rings.